The van der Waals surface area contributed by atoms with E-state index in [1.54, 1.807) is 42.3 Å². The molecule has 1 unspecified atom stereocenters. The summed E-state index contributed by atoms with van der Waals surface area (Å²) in [6.45, 7) is 3.51. The monoisotopic (exact) mass is 494 g/mol. The van der Waals surface area contributed by atoms with Crippen LogP contribution in [0.2, 0.25) is 10.0 Å². The van der Waals surface area contributed by atoms with Crippen molar-refractivity contribution in [1.29, 1.82) is 0 Å². The van der Waals surface area contributed by atoms with Crippen molar-refractivity contribution in [2.75, 3.05) is 26.9 Å². The molecule has 0 spiro atoms. The molecule has 1 fully saturated rings. The highest BCUT2D eigenvalue weighted by atomic mass is 35.5. The van der Waals surface area contributed by atoms with E-state index in [0.29, 0.717) is 54.0 Å². The Bertz CT molecular complexity index is 985. The summed E-state index contributed by atoms with van der Waals surface area (Å²) >= 11 is 12.2. The first-order valence-electron chi connectivity index (χ1n) is 10.7. The standard InChI is InChI=1S/C24H28Cl2N2O5/c1-24(11-13-28(24)16-33-21-14-19(32-2)9-10-20(21)26)23(31)27(12-3-4-22(29)30)15-17-5-7-18(25)8-6-17/h5-10,14H,3-4,11-13,15-16H2,1-2H3,(H,29,30). The van der Waals surface area contributed by atoms with Crippen molar-refractivity contribution in [3.63, 3.8) is 0 Å². The Morgan fingerprint density at radius 3 is 2.52 bits per heavy atom. The van der Waals surface area contributed by atoms with Crippen LogP contribution in [-0.2, 0) is 16.1 Å². The summed E-state index contributed by atoms with van der Waals surface area (Å²) < 4.78 is 11.1. The molecule has 1 amide bonds. The van der Waals surface area contributed by atoms with Crippen LogP contribution in [-0.4, -0.2) is 59.3 Å². The van der Waals surface area contributed by atoms with E-state index >= 15 is 0 Å². The Hall–Kier alpha value is -2.48. The number of nitrogens with zero attached hydrogens (tertiary/aromatic N) is 2. The average molecular weight is 495 g/mol. The average Bonchev–Trinajstić information content (AvgIpc) is 2.79. The lowest BCUT2D eigenvalue weighted by Gasteiger charge is -2.50. The van der Waals surface area contributed by atoms with Gasteiger partial charge in [0.25, 0.3) is 0 Å². The summed E-state index contributed by atoms with van der Waals surface area (Å²) in [6.07, 6.45) is 1.06. The number of rotatable bonds is 11. The van der Waals surface area contributed by atoms with E-state index in [1.807, 2.05) is 24.0 Å². The van der Waals surface area contributed by atoms with Crippen molar-refractivity contribution < 1.29 is 24.2 Å². The summed E-state index contributed by atoms with van der Waals surface area (Å²) in [7, 11) is 1.57. The first-order valence-corrected chi connectivity index (χ1v) is 11.5. The lowest BCUT2D eigenvalue weighted by Crippen LogP contribution is -2.66. The van der Waals surface area contributed by atoms with Crippen LogP contribution in [0.5, 0.6) is 11.5 Å². The SMILES string of the molecule is COc1ccc(Cl)c(OCN2CCC2(C)C(=O)N(CCCC(=O)O)Cc2ccc(Cl)cc2)c1. The van der Waals surface area contributed by atoms with Gasteiger partial charge in [0.2, 0.25) is 5.91 Å². The molecule has 0 radical (unpaired) electrons. The van der Waals surface area contributed by atoms with Gasteiger partial charge in [0, 0.05) is 37.1 Å². The van der Waals surface area contributed by atoms with Crippen molar-refractivity contribution in [1.82, 2.24) is 9.80 Å². The van der Waals surface area contributed by atoms with E-state index < -0.39 is 11.5 Å². The molecule has 1 aliphatic rings. The lowest BCUT2D eigenvalue weighted by atomic mass is 9.85. The maximum Gasteiger partial charge on any atom is 0.303 e. The van der Waals surface area contributed by atoms with Gasteiger partial charge in [-0.2, -0.15) is 0 Å². The molecule has 1 heterocycles. The number of carbonyl (C=O) groups excluding carboxylic acids is 1. The van der Waals surface area contributed by atoms with Crippen molar-refractivity contribution >= 4 is 35.1 Å². The molecule has 2 aromatic carbocycles. The fourth-order valence-corrected chi connectivity index (χ4v) is 4.05. The first-order chi connectivity index (χ1) is 15.7. The number of carbonyl (C=O) groups is 2. The van der Waals surface area contributed by atoms with Crippen molar-refractivity contribution in [3.05, 3.63) is 58.1 Å². The molecular weight excluding hydrogens is 467 g/mol. The zero-order valence-corrected chi connectivity index (χ0v) is 20.2. The van der Waals surface area contributed by atoms with E-state index in [-0.39, 0.29) is 19.1 Å². The van der Waals surface area contributed by atoms with Crippen LogP contribution < -0.4 is 9.47 Å². The van der Waals surface area contributed by atoms with Gasteiger partial charge >= 0.3 is 5.97 Å². The number of benzene rings is 2. The second-order valence-corrected chi connectivity index (χ2v) is 9.05. The molecule has 0 aliphatic carbocycles. The molecular formula is C24H28Cl2N2O5. The first kappa shape index (κ1) is 25.1. The highest BCUT2D eigenvalue weighted by Crippen LogP contribution is 2.35. The predicted octanol–water partition coefficient (Wildman–Crippen LogP) is 4.70. The number of halogens is 2. The quantitative estimate of drug-likeness (QED) is 0.487. The molecule has 7 nitrogen and oxygen atoms in total. The van der Waals surface area contributed by atoms with Crippen LogP contribution in [0.4, 0.5) is 0 Å². The molecule has 3 rings (SSSR count). The predicted molar refractivity (Wildman–Crippen MR) is 127 cm³/mol. The Morgan fingerprint density at radius 2 is 1.91 bits per heavy atom. The minimum atomic E-state index is -0.881. The van der Waals surface area contributed by atoms with Crippen LogP contribution in [0.1, 0.15) is 31.7 Å². The molecule has 9 heteroatoms. The van der Waals surface area contributed by atoms with Gasteiger partial charge in [0.05, 0.1) is 12.1 Å². The molecule has 1 N–H and O–H groups in total. The van der Waals surface area contributed by atoms with Crippen LogP contribution >= 0.6 is 23.2 Å². The Morgan fingerprint density at radius 1 is 1.18 bits per heavy atom. The van der Waals surface area contributed by atoms with Gasteiger partial charge < -0.3 is 19.5 Å². The molecule has 0 saturated carbocycles. The number of hydrogen-bond donors (Lipinski definition) is 1. The van der Waals surface area contributed by atoms with Crippen LogP contribution in [0, 0.1) is 0 Å². The third kappa shape index (κ3) is 6.31. The van der Waals surface area contributed by atoms with Gasteiger partial charge in [0.15, 0.2) is 0 Å². The van der Waals surface area contributed by atoms with Crippen molar-refractivity contribution in [2.45, 2.75) is 38.3 Å². The normalized spacial score (nSPS) is 17.8. The second-order valence-electron chi connectivity index (χ2n) is 8.21. The van der Waals surface area contributed by atoms with Crippen LogP contribution in [0.15, 0.2) is 42.5 Å². The van der Waals surface area contributed by atoms with Gasteiger partial charge in [-0.1, -0.05) is 35.3 Å². The number of aliphatic carboxylic acids is 1. The fraction of sp³-hybridized carbons (Fsp3) is 0.417. The van der Waals surface area contributed by atoms with E-state index in [2.05, 4.69) is 0 Å². The minimum Gasteiger partial charge on any atom is -0.497 e. The van der Waals surface area contributed by atoms with E-state index in [1.165, 1.54) is 0 Å². The number of likely N-dealkylation sites (tertiary alicyclic amines) is 1. The van der Waals surface area contributed by atoms with Crippen LogP contribution in [0.3, 0.4) is 0 Å². The third-order valence-corrected chi connectivity index (χ3v) is 6.50. The number of methoxy groups -OCH3 is 1. The molecule has 2 aromatic rings. The van der Waals surface area contributed by atoms with Gasteiger partial charge in [-0.25, -0.2) is 0 Å². The second kappa shape index (κ2) is 11.1. The molecule has 1 saturated heterocycles. The van der Waals surface area contributed by atoms with Crippen molar-refractivity contribution in [2.24, 2.45) is 0 Å². The molecule has 1 aliphatic heterocycles. The summed E-state index contributed by atoms with van der Waals surface area (Å²) in [6, 6.07) is 12.5. The van der Waals surface area contributed by atoms with Crippen LogP contribution in [0.25, 0.3) is 0 Å². The van der Waals surface area contributed by atoms with Gasteiger partial charge in [-0.05, 0) is 49.6 Å². The van der Waals surface area contributed by atoms with Gasteiger partial charge in [0.1, 0.15) is 23.8 Å². The van der Waals surface area contributed by atoms with E-state index in [0.717, 1.165) is 5.56 Å². The van der Waals surface area contributed by atoms with E-state index in [9.17, 15) is 9.59 Å². The van der Waals surface area contributed by atoms with Gasteiger partial charge in [-0.3, -0.25) is 14.5 Å². The lowest BCUT2D eigenvalue weighted by molar-refractivity contribution is -0.158. The summed E-state index contributed by atoms with van der Waals surface area (Å²) in [5.74, 6) is 0.171. The summed E-state index contributed by atoms with van der Waals surface area (Å²) in [5.41, 5.74) is 0.179. The molecule has 1 atom stereocenters. The molecule has 178 valence electrons. The topological polar surface area (TPSA) is 79.3 Å². The Balaban J connectivity index is 1.70. The highest BCUT2D eigenvalue weighted by Gasteiger charge is 2.49. The highest BCUT2D eigenvalue weighted by molar-refractivity contribution is 6.32. The van der Waals surface area contributed by atoms with E-state index in [4.69, 9.17) is 37.8 Å². The number of amides is 1. The maximum absolute atomic E-state index is 13.6. The van der Waals surface area contributed by atoms with Gasteiger partial charge in [-0.15, -0.1) is 0 Å². The summed E-state index contributed by atoms with van der Waals surface area (Å²) in [4.78, 5) is 28.3. The third-order valence-electron chi connectivity index (χ3n) is 5.93. The number of carboxylic acid groups (broad SMARTS) is 1. The zero-order chi connectivity index (χ0) is 24.0. The minimum absolute atomic E-state index is 0.00226. The maximum atomic E-state index is 13.6. The zero-order valence-electron chi connectivity index (χ0n) is 18.7. The fourth-order valence-electron chi connectivity index (χ4n) is 3.75. The number of carboxylic acids is 1. The Labute approximate surface area is 203 Å². The smallest absolute Gasteiger partial charge is 0.303 e. The van der Waals surface area contributed by atoms with Crippen molar-refractivity contribution in [3.8, 4) is 11.5 Å². The molecule has 0 bridgehead atoms. The molecule has 33 heavy (non-hydrogen) atoms. The number of hydrogen-bond acceptors (Lipinski definition) is 5. The molecule has 0 aromatic heterocycles. The largest absolute Gasteiger partial charge is 0.497 e. The Kier molecular flexibility index (Phi) is 8.46. The summed E-state index contributed by atoms with van der Waals surface area (Å²) in [5, 5.41) is 10.1. The number of ether oxygens (including phenoxy) is 2.